The minimum atomic E-state index is -0.347. The average molecular weight is 210 g/mol. The number of nitrogens with zero attached hydrogens (tertiary/aromatic N) is 1. The summed E-state index contributed by atoms with van der Waals surface area (Å²) in [4.78, 5) is 22.2. The summed E-state index contributed by atoms with van der Waals surface area (Å²) in [6, 6.07) is 3.59. The molecule has 15 heavy (non-hydrogen) atoms. The van der Waals surface area contributed by atoms with Crippen LogP contribution < -0.4 is 5.43 Å². The van der Waals surface area contributed by atoms with Gasteiger partial charge in [0.1, 0.15) is 0 Å². The molecule has 0 aliphatic heterocycles. The number of hydrogen-bond acceptors (Lipinski definition) is 3. The van der Waals surface area contributed by atoms with E-state index in [-0.39, 0.29) is 24.7 Å². The summed E-state index contributed by atoms with van der Waals surface area (Å²) in [5.41, 5.74) is 2.59. The highest BCUT2D eigenvalue weighted by Gasteiger charge is 2.06. The summed E-state index contributed by atoms with van der Waals surface area (Å²) in [5.74, 6) is -0.556. The van der Waals surface area contributed by atoms with Crippen LogP contribution in [-0.2, 0) is 14.3 Å². The molecule has 0 atom stereocenters. The lowest BCUT2D eigenvalue weighted by Crippen LogP contribution is -2.22. The van der Waals surface area contributed by atoms with Gasteiger partial charge in [0.05, 0.1) is 13.0 Å². The molecule has 0 bridgehead atoms. The molecule has 1 heterocycles. The molecule has 0 saturated heterocycles. The van der Waals surface area contributed by atoms with Crippen molar-refractivity contribution >= 4 is 11.9 Å². The summed E-state index contributed by atoms with van der Waals surface area (Å²) >= 11 is 0. The second kappa shape index (κ2) is 5.85. The Kier molecular flexibility index (Phi) is 4.40. The third-order valence-corrected chi connectivity index (χ3v) is 1.72. The van der Waals surface area contributed by atoms with Gasteiger partial charge < -0.3 is 4.74 Å². The average Bonchev–Trinajstić information content (AvgIpc) is 2.68. The molecular weight excluding hydrogens is 196 g/mol. The Morgan fingerprint density at radius 2 is 1.93 bits per heavy atom. The van der Waals surface area contributed by atoms with Crippen LogP contribution in [0.25, 0.3) is 0 Å². The standard InChI is InChI=1S/C10H14N2O3/c1-2-15-10(14)6-5-9(13)11-12-7-3-4-8-12/h3-4,7-8H,2,5-6H2,1H3,(H,11,13). The summed E-state index contributed by atoms with van der Waals surface area (Å²) in [7, 11) is 0. The highest BCUT2D eigenvalue weighted by Crippen LogP contribution is 1.94. The molecule has 0 radical (unpaired) electrons. The Morgan fingerprint density at radius 3 is 2.53 bits per heavy atom. The van der Waals surface area contributed by atoms with Gasteiger partial charge in [0.25, 0.3) is 0 Å². The van der Waals surface area contributed by atoms with E-state index >= 15 is 0 Å². The number of hydrogen-bond donors (Lipinski definition) is 1. The fraction of sp³-hybridized carbons (Fsp3) is 0.400. The quantitative estimate of drug-likeness (QED) is 0.734. The van der Waals surface area contributed by atoms with E-state index in [2.05, 4.69) is 5.43 Å². The number of esters is 1. The topological polar surface area (TPSA) is 60.3 Å². The van der Waals surface area contributed by atoms with Crippen LogP contribution in [0.2, 0.25) is 0 Å². The summed E-state index contributed by atoms with van der Waals surface area (Å²) < 4.78 is 6.24. The molecule has 1 rings (SSSR count). The van der Waals surface area contributed by atoms with E-state index in [1.165, 1.54) is 4.68 Å². The summed E-state index contributed by atoms with van der Waals surface area (Å²) in [6.07, 6.45) is 3.67. The normalized spacial score (nSPS) is 9.67. The highest BCUT2D eigenvalue weighted by atomic mass is 16.5. The minimum Gasteiger partial charge on any atom is -0.466 e. The van der Waals surface area contributed by atoms with E-state index in [4.69, 9.17) is 4.74 Å². The van der Waals surface area contributed by atoms with Crippen molar-refractivity contribution in [3.63, 3.8) is 0 Å². The summed E-state index contributed by atoms with van der Waals surface area (Å²) in [6.45, 7) is 2.08. The van der Waals surface area contributed by atoms with Crippen LogP contribution in [0.3, 0.4) is 0 Å². The number of carbonyl (C=O) groups is 2. The molecule has 5 nitrogen and oxygen atoms in total. The van der Waals surface area contributed by atoms with Gasteiger partial charge in [0, 0.05) is 18.8 Å². The van der Waals surface area contributed by atoms with E-state index in [1.807, 2.05) is 0 Å². The van der Waals surface area contributed by atoms with Gasteiger partial charge in [0.15, 0.2) is 0 Å². The fourth-order valence-electron chi connectivity index (χ4n) is 1.06. The van der Waals surface area contributed by atoms with Gasteiger partial charge in [0.2, 0.25) is 5.91 Å². The van der Waals surface area contributed by atoms with Gasteiger partial charge in [-0.05, 0) is 19.1 Å². The van der Waals surface area contributed by atoms with Crippen molar-refractivity contribution in [3.8, 4) is 0 Å². The molecule has 1 N–H and O–H groups in total. The fourth-order valence-corrected chi connectivity index (χ4v) is 1.06. The first-order valence-corrected chi connectivity index (χ1v) is 4.81. The molecular formula is C10H14N2O3. The first-order valence-electron chi connectivity index (χ1n) is 4.81. The molecule has 82 valence electrons. The zero-order valence-electron chi connectivity index (χ0n) is 8.60. The number of amides is 1. The van der Waals surface area contributed by atoms with Crippen molar-refractivity contribution in [2.24, 2.45) is 0 Å². The number of nitrogens with one attached hydrogen (secondary N) is 1. The Morgan fingerprint density at radius 1 is 1.27 bits per heavy atom. The van der Waals surface area contributed by atoms with Crippen LogP contribution in [0.1, 0.15) is 19.8 Å². The van der Waals surface area contributed by atoms with Crippen molar-refractivity contribution in [2.75, 3.05) is 12.0 Å². The third kappa shape index (κ3) is 4.30. The largest absolute Gasteiger partial charge is 0.466 e. The minimum absolute atomic E-state index is 0.112. The van der Waals surface area contributed by atoms with E-state index < -0.39 is 0 Å². The molecule has 1 amide bonds. The number of carbonyl (C=O) groups excluding carboxylic acids is 2. The van der Waals surface area contributed by atoms with Gasteiger partial charge in [-0.15, -0.1) is 0 Å². The molecule has 5 heteroatoms. The highest BCUT2D eigenvalue weighted by molar-refractivity contribution is 5.86. The monoisotopic (exact) mass is 210 g/mol. The van der Waals surface area contributed by atoms with Crippen molar-refractivity contribution in [2.45, 2.75) is 19.8 Å². The smallest absolute Gasteiger partial charge is 0.306 e. The molecule has 1 aromatic heterocycles. The molecule has 0 aliphatic rings. The van der Waals surface area contributed by atoms with Gasteiger partial charge in [-0.25, -0.2) is 0 Å². The van der Waals surface area contributed by atoms with Gasteiger partial charge in [-0.2, -0.15) is 0 Å². The first kappa shape index (κ1) is 11.3. The molecule has 1 aromatic rings. The molecule has 0 aromatic carbocycles. The predicted octanol–water partition coefficient (Wildman–Crippen LogP) is 0.901. The van der Waals surface area contributed by atoms with E-state index in [0.717, 1.165) is 0 Å². The Hall–Kier alpha value is -1.78. The molecule has 0 unspecified atom stereocenters. The number of rotatable bonds is 5. The lowest BCUT2D eigenvalue weighted by molar-refractivity contribution is -0.144. The zero-order valence-corrected chi connectivity index (χ0v) is 8.60. The maximum atomic E-state index is 11.3. The number of ether oxygens (including phenoxy) is 1. The second-order valence-electron chi connectivity index (χ2n) is 2.93. The van der Waals surface area contributed by atoms with Gasteiger partial charge in [-0.1, -0.05) is 0 Å². The van der Waals surface area contributed by atoms with E-state index in [0.29, 0.717) is 6.61 Å². The van der Waals surface area contributed by atoms with Crippen molar-refractivity contribution in [1.82, 2.24) is 4.68 Å². The predicted molar refractivity (Wildman–Crippen MR) is 54.7 cm³/mol. The van der Waals surface area contributed by atoms with Crippen LogP contribution in [0.4, 0.5) is 0 Å². The van der Waals surface area contributed by atoms with E-state index in [1.54, 1.807) is 31.5 Å². The third-order valence-electron chi connectivity index (χ3n) is 1.72. The molecule has 0 fully saturated rings. The van der Waals surface area contributed by atoms with Crippen molar-refractivity contribution in [3.05, 3.63) is 24.5 Å². The second-order valence-corrected chi connectivity index (χ2v) is 2.93. The first-order chi connectivity index (χ1) is 7.22. The van der Waals surface area contributed by atoms with Crippen LogP contribution in [-0.4, -0.2) is 23.2 Å². The Labute approximate surface area is 88.0 Å². The molecule has 0 spiro atoms. The van der Waals surface area contributed by atoms with Gasteiger partial charge >= 0.3 is 5.97 Å². The lowest BCUT2D eigenvalue weighted by Gasteiger charge is -2.05. The summed E-state index contributed by atoms with van der Waals surface area (Å²) in [5, 5.41) is 0. The number of aromatic nitrogens is 1. The maximum absolute atomic E-state index is 11.3. The van der Waals surface area contributed by atoms with Crippen LogP contribution >= 0.6 is 0 Å². The molecule has 0 aliphatic carbocycles. The van der Waals surface area contributed by atoms with Crippen LogP contribution in [0, 0.1) is 0 Å². The van der Waals surface area contributed by atoms with Gasteiger partial charge in [-0.3, -0.25) is 19.7 Å². The van der Waals surface area contributed by atoms with Crippen molar-refractivity contribution in [1.29, 1.82) is 0 Å². The lowest BCUT2D eigenvalue weighted by atomic mass is 10.3. The Balaban J connectivity index is 2.22. The van der Waals surface area contributed by atoms with E-state index in [9.17, 15) is 9.59 Å². The SMILES string of the molecule is CCOC(=O)CCC(=O)Nn1cccc1. The van der Waals surface area contributed by atoms with Crippen molar-refractivity contribution < 1.29 is 14.3 Å². The van der Waals surface area contributed by atoms with Crippen LogP contribution in [0.15, 0.2) is 24.5 Å². The molecule has 0 saturated carbocycles. The maximum Gasteiger partial charge on any atom is 0.306 e. The Bertz CT molecular complexity index is 319. The van der Waals surface area contributed by atoms with Crippen LogP contribution in [0.5, 0.6) is 0 Å². The zero-order chi connectivity index (χ0) is 11.1.